The third kappa shape index (κ3) is 5.76. The second-order valence-electron chi connectivity index (χ2n) is 7.48. The molecule has 0 atom stereocenters. The fourth-order valence-corrected chi connectivity index (χ4v) is 3.44. The number of hydrogen-bond donors (Lipinski definition) is 2. The van der Waals surface area contributed by atoms with E-state index in [1.807, 2.05) is 25.1 Å². The predicted molar refractivity (Wildman–Crippen MR) is 116 cm³/mol. The molecule has 1 fully saturated rings. The van der Waals surface area contributed by atoms with E-state index in [0.717, 1.165) is 31.5 Å². The van der Waals surface area contributed by atoms with Gasteiger partial charge in [-0.15, -0.1) is 0 Å². The maximum Gasteiger partial charge on any atom is 0.276 e. The molecule has 1 saturated carbocycles. The molecule has 1 amide bonds. The lowest BCUT2D eigenvalue weighted by Crippen LogP contribution is -2.39. The highest BCUT2D eigenvalue weighted by Gasteiger charge is 2.22. The molecule has 158 valence electrons. The Balaban J connectivity index is 1.48. The Labute approximate surface area is 175 Å². The quantitative estimate of drug-likeness (QED) is 0.410. The number of nitrogens with zero attached hydrogens (tertiary/aromatic N) is 4. The summed E-state index contributed by atoms with van der Waals surface area (Å²) in [7, 11) is 3.87. The van der Waals surface area contributed by atoms with Crippen LogP contribution >= 0.6 is 0 Å². The maximum absolute atomic E-state index is 12.2. The Morgan fingerprint density at radius 3 is 2.57 bits per heavy atom. The Kier molecular flexibility index (Phi) is 6.95. The van der Waals surface area contributed by atoms with Crippen molar-refractivity contribution in [3.63, 3.8) is 0 Å². The number of rotatable bonds is 7. The number of nitro groups is 1. The molecule has 9 heteroatoms. The summed E-state index contributed by atoms with van der Waals surface area (Å²) in [5.41, 5.74) is 0.388. The first-order valence-electron chi connectivity index (χ1n) is 9.91. The molecule has 30 heavy (non-hydrogen) atoms. The van der Waals surface area contributed by atoms with Gasteiger partial charge in [-0.1, -0.05) is 12.1 Å². The zero-order valence-electron chi connectivity index (χ0n) is 17.1. The van der Waals surface area contributed by atoms with Gasteiger partial charge in [0.1, 0.15) is 5.82 Å². The zero-order valence-corrected chi connectivity index (χ0v) is 17.1. The molecule has 2 aromatic rings. The van der Waals surface area contributed by atoms with Crippen LogP contribution in [0.2, 0.25) is 0 Å². The molecule has 2 N–H and O–H groups in total. The lowest BCUT2D eigenvalue weighted by molar-refractivity contribution is -0.385. The fraction of sp³-hybridized carbons (Fsp3) is 0.381. The molecule has 0 unspecified atom stereocenters. The Morgan fingerprint density at radius 2 is 1.87 bits per heavy atom. The Morgan fingerprint density at radius 1 is 1.17 bits per heavy atom. The number of para-hydroxylation sites is 1. The van der Waals surface area contributed by atoms with Crippen molar-refractivity contribution in [1.82, 2.24) is 15.3 Å². The second kappa shape index (κ2) is 9.82. The van der Waals surface area contributed by atoms with Crippen LogP contribution in [0, 0.1) is 10.1 Å². The molecule has 0 radical (unpaired) electrons. The summed E-state index contributed by atoms with van der Waals surface area (Å²) in [4.78, 5) is 33.5. The number of hydrogen-bond acceptors (Lipinski definition) is 7. The predicted octanol–water partition coefficient (Wildman–Crippen LogP) is 3.00. The summed E-state index contributed by atoms with van der Waals surface area (Å²) in [6.07, 6.45) is 8.05. The zero-order chi connectivity index (χ0) is 21.5. The van der Waals surface area contributed by atoms with Crippen LogP contribution in [0.25, 0.3) is 6.08 Å². The van der Waals surface area contributed by atoms with Crippen LogP contribution in [0.4, 0.5) is 17.5 Å². The van der Waals surface area contributed by atoms with Gasteiger partial charge < -0.3 is 15.5 Å². The number of carbonyl (C=O) groups excluding carboxylic acids is 1. The average Bonchev–Trinajstić information content (AvgIpc) is 2.74. The van der Waals surface area contributed by atoms with Crippen molar-refractivity contribution in [2.24, 2.45) is 0 Å². The Bertz CT molecular complexity index is 922. The minimum Gasteiger partial charge on any atom is -0.363 e. The monoisotopic (exact) mass is 410 g/mol. The summed E-state index contributed by atoms with van der Waals surface area (Å²) in [6, 6.07) is 8.55. The molecule has 1 aliphatic rings. The smallest absolute Gasteiger partial charge is 0.276 e. The summed E-state index contributed by atoms with van der Waals surface area (Å²) in [5.74, 6) is 1.21. The highest BCUT2D eigenvalue weighted by atomic mass is 16.6. The van der Waals surface area contributed by atoms with Gasteiger partial charge in [0.05, 0.1) is 10.5 Å². The van der Waals surface area contributed by atoms with Gasteiger partial charge in [0.15, 0.2) is 0 Å². The summed E-state index contributed by atoms with van der Waals surface area (Å²) in [6.45, 7) is 0. The molecule has 1 aromatic carbocycles. The van der Waals surface area contributed by atoms with Crippen molar-refractivity contribution < 1.29 is 9.72 Å². The number of nitrogens with one attached hydrogen (secondary N) is 2. The molecule has 0 aliphatic heterocycles. The second-order valence-corrected chi connectivity index (χ2v) is 7.48. The number of benzene rings is 1. The number of carbonyl (C=O) groups is 1. The first-order chi connectivity index (χ1) is 14.4. The van der Waals surface area contributed by atoms with Gasteiger partial charge >= 0.3 is 0 Å². The molecule has 9 nitrogen and oxygen atoms in total. The minimum absolute atomic E-state index is 0.0197. The van der Waals surface area contributed by atoms with E-state index in [9.17, 15) is 14.9 Å². The molecule has 1 aromatic heterocycles. The first kappa shape index (κ1) is 21.2. The first-order valence-corrected chi connectivity index (χ1v) is 9.91. The van der Waals surface area contributed by atoms with Gasteiger partial charge in [-0.25, -0.2) is 4.98 Å². The largest absolute Gasteiger partial charge is 0.363 e. The standard InChI is InChI=1S/C21H26N6O3/c1-26(2)19-13-14-22-21(25-19)24-17-10-8-16(9-11-17)23-20(28)12-7-15-5-3-4-6-18(15)27(29)30/h3-7,12-14,16-17H,8-11H2,1-2H3,(H,23,28)(H,22,24,25)/t16-,17+. The molecule has 1 heterocycles. The van der Waals surface area contributed by atoms with E-state index in [4.69, 9.17) is 0 Å². The van der Waals surface area contributed by atoms with Crippen molar-refractivity contribution in [1.29, 1.82) is 0 Å². The van der Waals surface area contributed by atoms with Gasteiger partial charge in [0, 0.05) is 44.5 Å². The van der Waals surface area contributed by atoms with Crippen LogP contribution in [0.5, 0.6) is 0 Å². The van der Waals surface area contributed by atoms with E-state index in [1.54, 1.807) is 24.4 Å². The number of amides is 1. The van der Waals surface area contributed by atoms with Crippen molar-refractivity contribution in [3.05, 3.63) is 58.3 Å². The molecule has 3 rings (SSSR count). The third-order valence-electron chi connectivity index (χ3n) is 5.05. The van der Waals surface area contributed by atoms with Crippen LogP contribution < -0.4 is 15.5 Å². The average molecular weight is 410 g/mol. The Hall–Kier alpha value is -3.49. The van der Waals surface area contributed by atoms with Crippen molar-refractivity contribution in [3.8, 4) is 0 Å². The molecular weight excluding hydrogens is 384 g/mol. The molecule has 0 saturated heterocycles. The highest BCUT2D eigenvalue weighted by molar-refractivity contribution is 5.92. The van der Waals surface area contributed by atoms with Crippen LogP contribution in [0.3, 0.4) is 0 Å². The molecule has 1 aliphatic carbocycles. The molecule has 0 bridgehead atoms. The van der Waals surface area contributed by atoms with E-state index in [2.05, 4.69) is 20.6 Å². The van der Waals surface area contributed by atoms with E-state index in [1.165, 1.54) is 18.2 Å². The van der Waals surface area contributed by atoms with Crippen molar-refractivity contribution in [2.75, 3.05) is 24.3 Å². The van der Waals surface area contributed by atoms with Crippen LogP contribution in [-0.4, -0.2) is 47.0 Å². The molecular formula is C21H26N6O3. The summed E-state index contributed by atoms with van der Waals surface area (Å²) >= 11 is 0. The van der Waals surface area contributed by atoms with Crippen molar-refractivity contribution >= 4 is 29.4 Å². The normalized spacial score (nSPS) is 18.7. The van der Waals surface area contributed by atoms with Crippen LogP contribution in [-0.2, 0) is 4.79 Å². The van der Waals surface area contributed by atoms with Gasteiger partial charge in [-0.05, 0) is 43.9 Å². The van der Waals surface area contributed by atoms with Gasteiger partial charge in [-0.3, -0.25) is 14.9 Å². The summed E-state index contributed by atoms with van der Waals surface area (Å²) < 4.78 is 0. The van der Waals surface area contributed by atoms with E-state index >= 15 is 0 Å². The minimum atomic E-state index is -0.455. The van der Waals surface area contributed by atoms with Crippen molar-refractivity contribution in [2.45, 2.75) is 37.8 Å². The maximum atomic E-state index is 12.2. The van der Waals surface area contributed by atoms with E-state index in [0.29, 0.717) is 11.5 Å². The number of nitro benzene ring substituents is 1. The lowest BCUT2D eigenvalue weighted by Gasteiger charge is -2.29. The highest BCUT2D eigenvalue weighted by Crippen LogP contribution is 2.22. The molecule has 0 spiro atoms. The fourth-order valence-electron chi connectivity index (χ4n) is 3.44. The van der Waals surface area contributed by atoms with Gasteiger partial charge in [0.2, 0.25) is 11.9 Å². The topological polar surface area (TPSA) is 113 Å². The number of aromatic nitrogens is 2. The van der Waals surface area contributed by atoms with Crippen LogP contribution in [0.15, 0.2) is 42.6 Å². The van der Waals surface area contributed by atoms with Crippen LogP contribution in [0.1, 0.15) is 31.2 Å². The SMILES string of the molecule is CN(C)c1ccnc(N[C@H]2CC[C@@H](NC(=O)C=Cc3ccccc3[N+](=O)[O-])CC2)n1. The lowest BCUT2D eigenvalue weighted by atomic mass is 9.91. The third-order valence-corrected chi connectivity index (χ3v) is 5.05. The summed E-state index contributed by atoms with van der Waals surface area (Å²) in [5, 5.41) is 17.4. The van der Waals surface area contributed by atoms with Gasteiger partial charge in [0.25, 0.3) is 5.69 Å². The van der Waals surface area contributed by atoms with E-state index < -0.39 is 4.92 Å². The van der Waals surface area contributed by atoms with Gasteiger partial charge in [-0.2, -0.15) is 4.98 Å². The van der Waals surface area contributed by atoms with E-state index in [-0.39, 0.29) is 23.7 Å². The number of anilines is 2.